The molecule has 5 heteroatoms. The highest BCUT2D eigenvalue weighted by molar-refractivity contribution is 6.31. The van der Waals surface area contributed by atoms with E-state index in [1.165, 1.54) is 0 Å². The van der Waals surface area contributed by atoms with Gasteiger partial charge in [-0.1, -0.05) is 23.7 Å². The maximum atomic E-state index is 11.8. The van der Waals surface area contributed by atoms with Gasteiger partial charge in [0.25, 0.3) is 0 Å². The van der Waals surface area contributed by atoms with Crippen molar-refractivity contribution in [3.8, 4) is 0 Å². The molecule has 19 heavy (non-hydrogen) atoms. The summed E-state index contributed by atoms with van der Waals surface area (Å²) in [6.45, 7) is 4.54. The summed E-state index contributed by atoms with van der Waals surface area (Å²) in [5, 5.41) is 3.51. The second-order valence-electron chi connectivity index (χ2n) is 4.65. The van der Waals surface area contributed by atoms with Gasteiger partial charge in [0, 0.05) is 30.2 Å². The third-order valence-electron chi connectivity index (χ3n) is 3.21. The first-order valence-electron chi connectivity index (χ1n) is 6.47. The van der Waals surface area contributed by atoms with Crippen LogP contribution in [0.15, 0.2) is 18.2 Å². The summed E-state index contributed by atoms with van der Waals surface area (Å²) < 4.78 is 5.32. The smallest absolute Gasteiger partial charge is 0.176 e. The predicted octanol–water partition coefficient (Wildman–Crippen LogP) is 1.57. The van der Waals surface area contributed by atoms with Crippen molar-refractivity contribution in [1.29, 1.82) is 0 Å². The molecule has 2 rings (SSSR count). The first-order valence-corrected chi connectivity index (χ1v) is 6.85. The Hall–Kier alpha value is -0.940. The van der Waals surface area contributed by atoms with E-state index in [0.717, 1.165) is 38.4 Å². The summed E-state index contributed by atoms with van der Waals surface area (Å²) in [6.07, 6.45) is 0. The van der Waals surface area contributed by atoms with Gasteiger partial charge < -0.3 is 10.1 Å². The van der Waals surface area contributed by atoms with Crippen LogP contribution >= 0.6 is 11.6 Å². The second kappa shape index (κ2) is 7.01. The number of nitrogens with one attached hydrogen (secondary N) is 1. The molecule has 0 aliphatic carbocycles. The Morgan fingerprint density at radius 2 is 2.16 bits per heavy atom. The first kappa shape index (κ1) is 14.5. The molecule has 0 atom stereocenters. The van der Waals surface area contributed by atoms with E-state index in [1.54, 1.807) is 13.1 Å². The quantitative estimate of drug-likeness (QED) is 0.833. The van der Waals surface area contributed by atoms with Gasteiger partial charge in [-0.3, -0.25) is 9.69 Å². The van der Waals surface area contributed by atoms with Crippen LogP contribution in [-0.4, -0.2) is 50.6 Å². The number of hydrogen-bond donors (Lipinski definition) is 1. The zero-order valence-corrected chi connectivity index (χ0v) is 11.9. The van der Waals surface area contributed by atoms with Crippen LogP contribution in [-0.2, 0) is 11.3 Å². The fourth-order valence-electron chi connectivity index (χ4n) is 2.11. The summed E-state index contributed by atoms with van der Waals surface area (Å²) in [4.78, 5) is 14.1. The molecule has 0 spiro atoms. The monoisotopic (exact) mass is 282 g/mol. The molecule has 1 fully saturated rings. The molecular formula is C14H19ClN2O2. The van der Waals surface area contributed by atoms with Gasteiger partial charge in [0.05, 0.1) is 19.8 Å². The lowest BCUT2D eigenvalue weighted by molar-refractivity contribution is 0.0342. The van der Waals surface area contributed by atoms with Gasteiger partial charge >= 0.3 is 0 Å². The van der Waals surface area contributed by atoms with Crippen LogP contribution in [0.5, 0.6) is 0 Å². The van der Waals surface area contributed by atoms with E-state index in [2.05, 4.69) is 10.2 Å². The fourth-order valence-corrected chi connectivity index (χ4v) is 2.35. The highest BCUT2D eigenvalue weighted by Crippen LogP contribution is 2.20. The van der Waals surface area contributed by atoms with E-state index in [1.807, 2.05) is 12.1 Å². The zero-order valence-electron chi connectivity index (χ0n) is 11.1. The van der Waals surface area contributed by atoms with Crippen molar-refractivity contribution < 1.29 is 9.53 Å². The van der Waals surface area contributed by atoms with Crippen LogP contribution in [0, 0.1) is 0 Å². The van der Waals surface area contributed by atoms with E-state index in [4.69, 9.17) is 16.3 Å². The highest BCUT2D eigenvalue weighted by Gasteiger charge is 2.13. The third-order valence-corrected chi connectivity index (χ3v) is 3.56. The Labute approximate surface area is 118 Å². The summed E-state index contributed by atoms with van der Waals surface area (Å²) in [5.41, 5.74) is 1.72. The minimum atomic E-state index is 0.0577. The second-order valence-corrected chi connectivity index (χ2v) is 5.06. The van der Waals surface area contributed by atoms with Crippen molar-refractivity contribution in [2.24, 2.45) is 0 Å². The Balaban J connectivity index is 2.04. The van der Waals surface area contributed by atoms with Crippen molar-refractivity contribution in [2.45, 2.75) is 6.54 Å². The van der Waals surface area contributed by atoms with E-state index in [-0.39, 0.29) is 5.78 Å². The number of rotatable bonds is 5. The number of nitrogens with zero attached hydrogens (tertiary/aromatic N) is 1. The van der Waals surface area contributed by atoms with Gasteiger partial charge in [-0.15, -0.1) is 0 Å². The molecule has 0 aromatic heterocycles. The van der Waals surface area contributed by atoms with Crippen LogP contribution in [0.1, 0.15) is 15.9 Å². The van der Waals surface area contributed by atoms with E-state index < -0.39 is 0 Å². The maximum absolute atomic E-state index is 11.8. The van der Waals surface area contributed by atoms with Crippen LogP contribution in [0.4, 0.5) is 0 Å². The average Bonchev–Trinajstić information content (AvgIpc) is 2.42. The Morgan fingerprint density at radius 3 is 2.79 bits per heavy atom. The molecule has 1 N–H and O–H groups in total. The molecule has 1 aliphatic rings. The Bertz CT molecular complexity index is 445. The predicted molar refractivity (Wildman–Crippen MR) is 75.8 cm³/mol. The number of carbonyl (C=O) groups is 1. The van der Waals surface area contributed by atoms with Crippen LogP contribution in [0.2, 0.25) is 5.02 Å². The molecule has 4 nitrogen and oxygen atoms in total. The number of halogens is 1. The third kappa shape index (κ3) is 4.01. The number of ether oxygens (including phenoxy) is 1. The van der Waals surface area contributed by atoms with Crippen LogP contribution in [0.25, 0.3) is 0 Å². The van der Waals surface area contributed by atoms with Crippen LogP contribution < -0.4 is 5.32 Å². The minimum absolute atomic E-state index is 0.0577. The van der Waals surface area contributed by atoms with Gasteiger partial charge in [0.1, 0.15) is 0 Å². The number of morpholine rings is 1. The minimum Gasteiger partial charge on any atom is -0.379 e. The topological polar surface area (TPSA) is 41.6 Å². The molecule has 104 valence electrons. The molecule has 0 bridgehead atoms. The van der Waals surface area contributed by atoms with Gasteiger partial charge in [-0.25, -0.2) is 0 Å². The number of hydrogen-bond acceptors (Lipinski definition) is 4. The Kier molecular flexibility index (Phi) is 5.34. The summed E-state index contributed by atoms with van der Waals surface area (Å²) >= 11 is 6.26. The number of likely N-dealkylation sites (N-methyl/N-ethyl adjacent to an activating group) is 1. The molecule has 1 heterocycles. The normalized spacial score (nSPS) is 16.5. The average molecular weight is 283 g/mol. The molecule has 0 amide bonds. The van der Waals surface area contributed by atoms with E-state index in [9.17, 15) is 4.79 Å². The van der Waals surface area contributed by atoms with Crippen molar-refractivity contribution in [1.82, 2.24) is 10.2 Å². The Morgan fingerprint density at radius 1 is 1.42 bits per heavy atom. The number of benzene rings is 1. The summed E-state index contributed by atoms with van der Waals surface area (Å²) in [5.74, 6) is 0.0577. The fraction of sp³-hybridized carbons (Fsp3) is 0.500. The summed E-state index contributed by atoms with van der Waals surface area (Å²) in [7, 11) is 1.76. The number of Topliss-reactive ketones (excluding diaryl/α,β-unsaturated/α-hetero) is 1. The van der Waals surface area contributed by atoms with Crippen molar-refractivity contribution in [2.75, 3.05) is 39.9 Å². The SMILES string of the molecule is CNCC(=O)c1ccc(CN2CCOCC2)c(Cl)c1. The number of ketones is 1. The molecule has 0 saturated carbocycles. The molecule has 1 aromatic rings. The van der Waals surface area contributed by atoms with E-state index >= 15 is 0 Å². The lowest BCUT2D eigenvalue weighted by Gasteiger charge is -2.26. The zero-order chi connectivity index (χ0) is 13.7. The largest absolute Gasteiger partial charge is 0.379 e. The lowest BCUT2D eigenvalue weighted by Crippen LogP contribution is -2.35. The standard InChI is InChI=1S/C14H19ClN2O2/c1-16-9-14(18)11-2-3-12(13(15)8-11)10-17-4-6-19-7-5-17/h2-3,8,16H,4-7,9-10H2,1H3. The molecular weight excluding hydrogens is 264 g/mol. The van der Waals surface area contributed by atoms with Gasteiger partial charge in [0.2, 0.25) is 0 Å². The summed E-state index contributed by atoms with van der Waals surface area (Å²) in [6, 6.07) is 5.55. The van der Waals surface area contributed by atoms with Gasteiger partial charge in [0.15, 0.2) is 5.78 Å². The lowest BCUT2D eigenvalue weighted by atomic mass is 10.1. The molecule has 0 radical (unpaired) electrons. The van der Waals surface area contributed by atoms with Crippen LogP contribution in [0.3, 0.4) is 0 Å². The van der Waals surface area contributed by atoms with Crippen molar-refractivity contribution in [3.63, 3.8) is 0 Å². The van der Waals surface area contributed by atoms with Gasteiger partial charge in [-0.2, -0.15) is 0 Å². The van der Waals surface area contributed by atoms with Crippen molar-refractivity contribution in [3.05, 3.63) is 34.3 Å². The molecule has 0 unspecified atom stereocenters. The molecule has 1 aliphatic heterocycles. The molecule has 1 saturated heterocycles. The highest BCUT2D eigenvalue weighted by atomic mass is 35.5. The first-order chi connectivity index (χ1) is 9.20. The maximum Gasteiger partial charge on any atom is 0.176 e. The van der Waals surface area contributed by atoms with Gasteiger partial charge in [-0.05, 0) is 18.7 Å². The van der Waals surface area contributed by atoms with Crippen molar-refractivity contribution >= 4 is 17.4 Å². The van der Waals surface area contributed by atoms with E-state index in [0.29, 0.717) is 17.1 Å². The molecule has 1 aromatic carbocycles. The number of carbonyl (C=O) groups excluding carboxylic acids is 1.